The third kappa shape index (κ3) is 2.01. The molecule has 5 nitrogen and oxygen atoms in total. The van der Waals surface area contributed by atoms with Crippen molar-refractivity contribution < 1.29 is 14.5 Å². The summed E-state index contributed by atoms with van der Waals surface area (Å²) in [5, 5.41) is 10.8. The second kappa shape index (κ2) is 4.36. The molecule has 0 unspecified atom stereocenters. The fourth-order valence-corrected chi connectivity index (χ4v) is 1.20. The van der Waals surface area contributed by atoms with Crippen molar-refractivity contribution in [1.29, 1.82) is 0 Å². The van der Waals surface area contributed by atoms with Crippen LogP contribution < -0.4 is 0 Å². The number of para-hydroxylation sites is 1. The highest BCUT2D eigenvalue weighted by atomic mass is 16.6. The maximum absolute atomic E-state index is 11.2. The van der Waals surface area contributed by atoms with Gasteiger partial charge in [0, 0.05) is 0 Å². The summed E-state index contributed by atoms with van der Waals surface area (Å²) in [6, 6.07) is 4.39. The van der Waals surface area contributed by atoms with Gasteiger partial charge in [-0.2, -0.15) is 0 Å². The fraction of sp³-hybridized carbons (Fsp3) is 0.100. The van der Waals surface area contributed by atoms with Gasteiger partial charge in [0.15, 0.2) is 0 Å². The fourth-order valence-electron chi connectivity index (χ4n) is 1.20. The summed E-state index contributed by atoms with van der Waals surface area (Å²) >= 11 is 0. The second-order valence-electron chi connectivity index (χ2n) is 2.70. The lowest BCUT2D eigenvalue weighted by atomic mass is 10.1. The molecule has 0 amide bonds. The molecule has 0 radical (unpaired) electrons. The van der Waals surface area contributed by atoms with Crippen LogP contribution in [0.3, 0.4) is 0 Å². The van der Waals surface area contributed by atoms with E-state index in [1.54, 1.807) is 0 Å². The Kier molecular flexibility index (Phi) is 3.17. The highest BCUT2D eigenvalue weighted by Crippen LogP contribution is 2.25. The van der Waals surface area contributed by atoms with E-state index in [9.17, 15) is 14.9 Å². The van der Waals surface area contributed by atoms with Crippen LogP contribution in [0.1, 0.15) is 15.9 Å². The highest BCUT2D eigenvalue weighted by molar-refractivity contribution is 5.95. The second-order valence-corrected chi connectivity index (χ2v) is 2.70. The van der Waals surface area contributed by atoms with Crippen molar-refractivity contribution in [3.8, 4) is 0 Å². The molecule has 0 bridgehead atoms. The van der Waals surface area contributed by atoms with Gasteiger partial charge in [0.05, 0.1) is 17.6 Å². The van der Waals surface area contributed by atoms with E-state index in [4.69, 9.17) is 0 Å². The minimum Gasteiger partial charge on any atom is -0.465 e. The van der Waals surface area contributed by atoms with Gasteiger partial charge in [0.25, 0.3) is 5.69 Å². The van der Waals surface area contributed by atoms with Gasteiger partial charge in [0.1, 0.15) is 5.56 Å². The van der Waals surface area contributed by atoms with Gasteiger partial charge in [-0.1, -0.05) is 18.7 Å². The largest absolute Gasteiger partial charge is 0.465 e. The van der Waals surface area contributed by atoms with Crippen LogP contribution in [-0.4, -0.2) is 18.0 Å². The van der Waals surface area contributed by atoms with Gasteiger partial charge in [-0.15, -0.1) is 0 Å². The number of hydrogen-bond acceptors (Lipinski definition) is 4. The Morgan fingerprint density at radius 2 is 2.27 bits per heavy atom. The van der Waals surface area contributed by atoms with Gasteiger partial charge >= 0.3 is 5.97 Å². The first-order valence-electron chi connectivity index (χ1n) is 4.10. The first-order chi connectivity index (χ1) is 7.11. The van der Waals surface area contributed by atoms with Crippen LogP contribution in [0.4, 0.5) is 5.69 Å². The molecule has 0 saturated heterocycles. The Morgan fingerprint density at radius 3 is 2.73 bits per heavy atom. The number of benzene rings is 1. The molecule has 0 aliphatic carbocycles. The number of nitro benzene ring substituents is 1. The van der Waals surface area contributed by atoms with Crippen LogP contribution in [0.25, 0.3) is 6.08 Å². The van der Waals surface area contributed by atoms with E-state index >= 15 is 0 Å². The predicted octanol–water partition coefficient (Wildman–Crippen LogP) is 2.02. The average molecular weight is 207 g/mol. The lowest BCUT2D eigenvalue weighted by molar-refractivity contribution is -0.385. The Labute approximate surface area is 86.1 Å². The molecular weight excluding hydrogens is 198 g/mol. The molecule has 0 aliphatic rings. The minimum atomic E-state index is -0.731. The number of carbonyl (C=O) groups is 1. The number of esters is 1. The Balaban J connectivity index is 3.44. The van der Waals surface area contributed by atoms with Gasteiger partial charge in [-0.05, 0) is 12.1 Å². The lowest BCUT2D eigenvalue weighted by Gasteiger charge is -2.02. The summed E-state index contributed by atoms with van der Waals surface area (Å²) in [5.74, 6) is -0.731. The zero-order chi connectivity index (χ0) is 11.4. The molecule has 0 aliphatic heterocycles. The van der Waals surface area contributed by atoms with Crippen LogP contribution in [0.5, 0.6) is 0 Å². The summed E-state index contributed by atoms with van der Waals surface area (Å²) < 4.78 is 4.45. The molecule has 15 heavy (non-hydrogen) atoms. The molecule has 0 fully saturated rings. The maximum Gasteiger partial charge on any atom is 0.344 e. The van der Waals surface area contributed by atoms with E-state index in [0.29, 0.717) is 5.56 Å². The van der Waals surface area contributed by atoms with E-state index in [2.05, 4.69) is 11.3 Å². The Hall–Kier alpha value is -2.17. The summed E-state index contributed by atoms with van der Waals surface area (Å²) in [6.45, 7) is 3.44. The smallest absolute Gasteiger partial charge is 0.344 e. The zero-order valence-electron chi connectivity index (χ0n) is 8.10. The molecule has 0 N–H and O–H groups in total. The lowest BCUT2D eigenvalue weighted by Crippen LogP contribution is -2.06. The predicted molar refractivity (Wildman–Crippen MR) is 54.5 cm³/mol. The van der Waals surface area contributed by atoms with Crippen molar-refractivity contribution >= 4 is 17.7 Å². The van der Waals surface area contributed by atoms with Gasteiger partial charge in [0.2, 0.25) is 0 Å². The van der Waals surface area contributed by atoms with E-state index in [1.165, 1.54) is 31.4 Å². The van der Waals surface area contributed by atoms with Crippen molar-refractivity contribution in [1.82, 2.24) is 0 Å². The summed E-state index contributed by atoms with van der Waals surface area (Å²) in [6.07, 6.45) is 1.32. The zero-order valence-corrected chi connectivity index (χ0v) is 8.10. The minimum absolute atomic E-state index is 0.0695. The molecule has 1 aromatic carbocycles. The SMILES string of the molecule is C=Cc1cccc(C(=O)OC)c1[N+](=O)[O-]. The summed E-state index contributed by atoms with van der Waals surface area (Å²) in [4.78, 5) is 21.4. The molecule has 0 spiro atoms. The quantitative estimate of drug-likeness (QED) is 0.432. The monoisotopic (exact) mass is 207 g/mol. The first kappa shape index (κ1) is 10.9. The summed E-state index contributed by atoms with van der Waals surface area (Å²) in [5.41, 5.74) is -0.0536. The van der Waals surface area contributed by atoms with Gasteiger partial charge in [-0.25, -0.2) is 4.79 Å². The molecule has 0 heterocycles. The molecule has 0 saturated carbocycles. The van der Waals surface area contributed by atoms with Crippen LogP contribution in [0.15, 0.2) is 24.8 Å². The van der Waals surface area contributed by atoms with Gasteiger partial charge < -0.3 is 4.74 Å². The standard InChI is InChI=1S/C10H9NO4/c1-3-7-5-4-6-8(10(12)15-2)9(7)11(13)14/h3-6H,1H2,2H3. The molecule has 0 aromatic heterocycles. The molecule has 1 aromatic rings. The number of nitrogens with zero attached hydrogens (tertiary/aromatic N) is 1. The van der Waals surface area contributed by atoms with E-state index in [1.807, 2.05) is 0 Å². The Bertz CT molecular complexity index is 425. The number of rotatable bonds is 3. The molecule has 1 rings (SSSR count). The Morgan fingerprint density at radius 1 is 1.60 bits per heavy atom. The van der Waals surface area contributed by atoms with Crippen molar-refractivity contribution in [2.75, 3.05) is 7.11 Å². The van der Waals surface area contributed by atoms with E-state index in [0.717, 1.165) is 0 Å². The summed E-state index contributed by atoms with van der Waals surface area (Å²) in [7, 11) is 1.17. The number of ether oxygens (including phenoxy) is 1. The topological polar surface area (TPSA) is 69.4 Å². The average Bonchev–Trinajstić information content (AvgIpc) is 2.26. The molecule has 5 heteroatoms. The highest BCUT2D eigenvalue weighted by Gasteiger charge is 2.23. The third-order valence-corrected chi connectivity index (χ3v) is 1.88. The van der Waals surface area contributed by atoms with E-state index in [-0.39, 0.29) is 11.3 Å². The van der Waals surface area contributed by atoms with Crippen molar-refractivity contribution in [3.63, 3.8) is 0 Å². The van der Waals surface area contributed by atoms with Gasteiger partial charge in [-0.3, -0.25) is 10.1 Å². The first-order valence-corrected chi connectivity index (χ1v) is 4.10. The number of methoxy groups -OCH3 is 1. The number of hydrogen-bond donors (Lipinski definition) is 0. The van der Waals surface area contributed by atoms with Crippen LogP contribution in [-0.2, 0) is 4.74 Å². The normalized spacial score (nSPS) is 9.40. The molecule has 0 atom stereocenters. The molecular formula is C10H9NO4. The van der Waals surface area contributed by atoms with Crippen molar-refractivity contribution in [2.45, 2.75) is 0 Å². The van der Waals surface area contributed by atoms with Crippen LogP contribution in [0.2, 0.25) is 0 Å². The maximum atomic E-state index is 11.2. The van der Waals surface area contributed by atoms with Crippen LogP contribution >= 0.6 is 0 Å². The third-order valence-electron chi connectivity index (χ3n) is 1.88. The number of carbonyl (C=O) groups excluding carboxylic acids is 1. The van der Waals surface area contributed by atoms with Crippen LogP contribution in [0, 0.1) is 10.1 Å². The van der Waals surface area contributed by atoms with Crippen molar-refractivity contribution in [3.05, 3.63) is 46.0 Å². The molecule has 78 valence electrons. The van der Waals surface area contributed by atoms with Crippen molar-refractivity contribution in [2.24, 2.45) is 0 Å². The number of nitro groups is 1. The van der Waals surface area contributed by atoms with E-state index < -0.39 is 10.9 Å².